The lowest BCUT2D eigenvalue weighted by atomic mass is 10.3. The van der Waals surface area contributed by atoms with E-state index in [0.717, 1.165) is 19.5 Å². The monoisotopic (exact) mass is 301 g/mol. The van der Waals surface area contributed by atoms with Crippen molar-refractivity contribution >= 4 is 34.8 Å². The van der Waals surface area contributed by atoms with Gasteiger partial charge in [0.2, 0.25) is 5.91 Å². The summed E-state index contributed by atoms with van der Waals surface area (Å²) in [5.74, 6) is -0.0686. The number of likely N-dealkylation sites (tertiary alicyclic amines) is 1. The average molecular weight is 302 g/mol. The number of nitrogens with one attached hydrogen (secondary N) is 2. The third-order valence-corrected chi connectivity index (χ3v) is 3.82. The zero-order chi connectivity index (χ0) is 13.8. The molecule has 1 aliphatic rings. The van der Waals surface area contributed by atoms with Crippen LogP contribution in [0.25, 0.3) is 0 Å². The minimum Gasteiger partial charge on any atom is -0.324 e. The summed E-state index contributed by atoms with van der Waals surface area (Å²) in [5, 5.41) is 7.06. The average Bonchev–Trinajstić information content (AvgIpc) is 2.81. The number of likely N-dealkylation sites (N-methyl/N-ethyl adjacent to an activating group) is 1. The highest BCUT2D eigenvalue weighted by atomic mass is 35.5. The van der Waals surface area contributed by atoms with Crippen LogP contribution in [0.3, 0.4) is 0 Å². The Bertz CT molecular complexity index is 467. The Morgan fingerprint density at radius 3 is 2.95 bits per heavy atom. The van der Waals surface area contributed by atoms with E-state index in [2.05, 4.69) is 15.5 Å². The highest BCUT2D eigenvalue weighted by Gasteiger charge is 2.22. The van der Waals surface area contributed by atoms with Gasteiger partial charge in [0.05, 0.1) is 17.3 Å². The Hall–Kier alpha value is -0.810. The number of halogens is 2. The molecule has 2 N–H and O–H groups in total. The summed E-state index contributed by atoms with van der Waals surface area (Å²) in [4.78, 5) is 14.1. The first-order chi connectivity index (χ1) is 9.08. The van der Waals surface area contributed by atoms with E-state index >= 15 is 0 Å². The van der Waals surface area contributed by atoms with Crippen molar-refractivity contribution in [2.75, 3.05) is 32.0 Å². The van der Waals surface area contributed by atoms with Crippen molar-refractivity contribution in [1.29, 1.82) is 0 Å². The van der Waals surface area contributed by atoms with Crippen LogP contribution in [0, 0.1) is 0 Å². The lowest BCUT2D eigenvalue weighted by molar-refractivity contribution is -0.117. The Balaban J connectivity index is 1.89. The highest BCUT2D eigenvalue weighted by molar-refractivity contribution is 6.35. The SMILES string of the molecule is CNC1CCN(CC(=O)Nc2cc(Cl)ccc2Cl)C1. The van der Waals surface area contributed by atoms with Gasteiger partial charge in [0.1, 0.15) is 0 Å². The van der Waals surface area contributed by atoms with Gasteiger partial charge in [-0.25, -0.2) is 0 Å². The number of anilines is 1. The molecule has 19 heavy (non-hydrogen) atoms. The van der Waals surface area contributed by atoms with Crippen LogP contribution < -0.4 is 10.6 Å². The second kappa shape index (κ2) is 6.57. The number of benzene rings is 1. The van der Waals surface area contributed by atoms with Gasteiger partial charge in [0.25, 0.3) is 0 Å². The number of hydrogen-bond donors (Lipinski definition) is 2. The van der Waals surface area contributed by atoms with Gasteiger partial charge in [0.15, 0.2) is 0 Å². The number of hydrogen-bond acceptors (Lipinski definition) is 3. The molecule has 1 amide bonds. The molecule has 0 spiro atoms. The van der Waals surface area contributed by atoms with Crippen molar-refractivity contribution in [1.82, 2.24) is 10.2 Å². The first kappa shape index (κ1) is 14.6. The smallest absolute Gasteiger partial charge is 0.238 e. The Morgan fingerprint density at radius 2 is 2.26 bits per heavy atom. The minimum absolute atomic E-state index is 0.0686. The first-order valence-corrected chi connectivity index (χ1v) is 6.98. The molecule has 0 radical (unpaired) electrons. The standard InChI is InChI=1S/C13H17Cl2N3O/c1-16-10-4-5-18(7-10)8-13(19)17-12-6-9(14)2-3-11(12)15/h2-3,6,10,16H,4-5,7-8H2,1H3,(H,17,19). The number of rotatable bonds is 4. The van der Waals surface area contributed by atoms with Crippen molar-refractivity contribution in [3.05, 3.63) is 28.2 Å². The van der Waals surface area contributed by atoms with E-state index in [9.17, 15) is 4.79 Å². The van der Waals surface area contributed by atoms with Gasteiger partial charge in [0, 0.05) is 24.2 Å². The summed E-state index contributed by atoms with van der Waals surface area (Å²) >= 11 is 11.9. The number of nitrogens with zero attached hydrogens (tertiary/aromatic N) is 1. The predicted molar refractivity (Wildman–Crippen MR) is 79.0 cm³/mol. The van der Waals surface area contributed by atoms with Gasteiger partial charge in [-0.3, -0.25) is 9.69 Å². The van der Waals surface area contributed by atoms with Crippen molar-refractivity contribution in [2.24, 2.45) is 0 Å². The molecule has 0 bridgehead atoms. The van der Waals surface area contributed by atoms with Gasteiger partial charge in [-0.15, -0.1) is 0 Å². The van der Waals surface area contributed by atoms with E-state index < -0.39 is 0 Å². The Labute approximate surface area is 123 Å². The van der Waals surface area contributed by atoms with Crippen LogP contribution in [-0.2, 0) is 4.79 Å². The van der Waals surface area contributed by atoms with Crippen molar-refractivity contribution in [3.8, 4) is 0 Å². The maximum Gasteiger partial charge on any atom is 0.238 e. The number of carbonyl (C=O) groups is 1. The van der Waals surface area contributed by atoms with E-state index in [1.165, 1.54) is 0 Å². The van der Waals surface area contributed by atoms with Crippen molar-refractivity contribution in [3.63, 3.8) is 0 Å². The molecule has 1 aliphatic heterocycles. The molecular formula is C13H17Cl2N3O. The maximum absolute atomic E-state index is 12.0. The normalized spacial score (nSPS) is 19.6. The molecule has 0 aromatic heterocycles. The molecular weight excluding hydrogens is 285 g/mol. The van der Waals surface area contributed by atoms with Gasteiger partial charge >= 0.3 is 0 Å². The summed E-state index contributed by atoms with van der Waals surface area (Å²) < 4.78 is 0. The van der Waals surface area contributed by atoms with Gasteiger partial charge in [-0.1, -0.05) is 23.2 Å². The van der Waals surface area contributed by atoms with E-state index in [1.807, 2.05) is 7.05 Å². The summed E-state index contributed by atoms with van der Waals surface area (Å²) in [6.45, 7) is 2.20. The summed E-state index contributed by atoms with van der Waals surface area (Å²) in [6, 6.07) is 5.49. The molecule has 1 heterocycles. The fourth-order valence-corrected chi connectivity index (χ4v) is 2.53. The molecule has 104 valence electrons. The molecule has 1 fully saturated rings. The Kier molecular flexibility index (Phi) is 5.05. The van der Waals surface area contributed by atoms with Crippen LogP contribution in [-0.4, -0.2) is 43.5 Å². The van der Waals surface area contributed by atoms with Crippen LogP contribution in [0.2, 0.25) is 10.0 Å². The molecule has 1 unspecified atom stereocenters. The van der Waals surface area contributed by atoms with E-state index in [1.54, 1.807) is 18.2 Å². The maximum atomic E-state index is 12.0. The molecule has 2 rings (SSSR count). The van der Waals surface area contributed by atoms with Crippen molar-refractivity contribution < 1.29 is 4.79 Å². The second-order valence-corrected chi connectivity index (χ2v) is 5.53. The van der Waals surface area contributed by atoms with Crippen LogP contribution >= 0.6 is 23.2 Å². The summed E-state index contributed by atoms with van der Waals surface area (Å²) in [7, 11) is 1.94. The first-order valence-electron chi connectivity index (χ1n) is 6.23. The number of amides is 1. The van der Waals surface area contributed by atoms with E-state index in [4.69, 9.17) is 23.2 Å². The molecule has 1 aromatic carbocycles. The summed E-state index contributed by atoms with van der Waals surface area (Å²) in [5.41, 5.74) is 0.559. The third-order valence-electron chi connectivity index (χ3n) is 3.25. The molecule has 4 nitrogen and oxygen atoms in total. The van der Waals surface area contributed by atoms with E-state index in [0.29, 0.717) is 28.3 Å². The highest BCUT2D eigenvalue weighted by Crippen LogP contribution is 2.25. The predicted octanol–water partition coefficient (Wildman–Crippen LogP) is 2.23. The quantitative estimate of drug-likeness (QED) is 0.896. The molecule has 1 saturated heterocycles. The molecule has 0 saturated carbocycles. The lowest BCUT2D eigenvalue weighted by Gasteiger charge is -2.16. The van der Waals surface area contributed by atoms with Crippen LogP contribution in [0.5, 0.6) is 0 Å². The second-order valence-electron chi connectivity index (χ2n) is 4.68. The number of carbonyl (C=O) groups excluding carboxylic acids is 1. The molecule has 1 aromatic rings. The van der Waals surface area contributed by atoms with E-state index in [-0.39, 0.29) is 5.91 Å². The van der Waals surface area contributed by atoms with Crippen LogP contribution in [0.4, 0.5) is 5.69 Å². The van der Waals surface area contributed by atoms with Crippen LogP contribution in [0.15, 0.2) is 18.2 Å². The minimum atomic E-state index is -0.0686. The van der Waals surface area contributed by atoms with Crippen molar-refractivity contribution in [2.45, 2.75) is 12.5 Å². The van der Waals surface area contributed by atoms with Gasteiger partial charge in [-0.05, 0) is 31.7 Å². The molecule has 1 atom stereocenters. The topological polar surface area (TPSA) is 44.4 Å². The van der Waals surface area contributed by atoms with Gasteiger partial charge in [-0.2, -0.15) is 0 Å². The zero-order valence-corrected chi connectivity index (χ0v) is 12.3. The van der Waals surface area contributed by atoms with Crippen LogP contribution in [0.1, 0.15) is 6.42 Å². The fraction of sp³-hybridized carbons (Fsp3) is 0.462. The fourth-order valence-electron chi connectivity index (χ4n) is 2.20. The Morgan fingerprint density at radius 1 is 1.47 bits per heavy atom. The third kappa shape index (κ3) is 4.08. The molecule has 0 aliphatic carbocycles. The van der Waals surface area contributed by atoms with Gasteiger partial charge < -0.3 is 10.6 Å². The lowest BCUT2D eigenvalue weighted by Crippen LogP contribution is -2.34. The largest absolute Gasteiger partial charge is 0.324 e. The zero-order valence-electron chi connectivity index (χ0n) is 10.7. The molecule has 6 heteroatoms. The summed E-state index contributed by atoms with van der Waals surface area (Å²) in [6.07, 6.45) is 1.07.